The van der Waals surface area contributed by atoms with E-state index in [0.29, 0.717) is 0 Å². The van der Waals surface area contributed by atoms with Crippen molar-refractivity contribution in [3.05, 3.63) is 216 Å². The van der Waals surface area contributed by atoms with Crippen LogP contribution in [-0.4, -0.2) is 0 Å². The topological polar surface area (TPSA) is 6.48 Å². The summed E-state index contributed by atoms with van der Waals surface area (Å²) in [6.07, 6.45) is 0. The zero-order chi connectivity index (χ0) is 38.3. The number of hydrogen-bond acceptors (Lipinski definition) is 2. The van der Waals surface area contributed by atoms with Crippen molar-refractivity contribution >= 4 is 55.7 Å². The molecular weight excluding hydrogens is 689 g/mol. The molecule has 0 saturated heterocycles. The van der Waals surface area contributed by atoms with Gasteiger partial charge >= 0.3 is 0 Å². The predicted molar refractivity (Wildman–Crippen MR) is 241 cm³/mol. The molecule has 0 aromatic heterocycles. The lowest BCUT2D eigenvalue weighted by atomic mass is 9.80. The van der Waals surface area contributed by atoms with Gasteiger partial charge in [0.2, 0.25) is 0 Å². The number of nitrogens with zero attached hydrogens (tertiary/aromatic N) is 2. The highest BCUT2D eigenvalue weighted by molar-refractivity contribution is 6.13. The number of benzene rings is 9. The second-order valence-corrected chi connectivity index (χ2v) is 16.1. The molecule has 0 fully saturated rings. The van der Waals surface area contributed by atoms with Crippen LogP contribution in [0.3, 0.4) is 0 Å². The van der Waals surface area contributed by atoms with E-state index in [1.54, 1.807) is 0 Å². The molecule has 1 unspecified atom stereocenters. The molecule has 0 radical (unpaired) electrons. The molecule has 0 amide bonds. The fourth-order valence-electron chi connectivity index (χ4n) is 9.92. The van der Waals surface area contributed by atoms with Crippen LogP contribution in [0.5, 0.6) is 0 Å². The molecule has 0 bridgehead atoms. The van der Waals surface area contributed by atoms with Crippen LogP contribution in [-0.2, 0) is 5.41 Å². The average molecular weight is 731 g/mol. The van der Waals surface area contributed by atoms with Gasteiger partial charge in [-0.25, -0.2) is 0 Å². The van der Waals surface area contributed by atoms with Crippen LogP contribution in [0.25, 0.3) is 43.8 Å². The zero-order valence-electron chi connectivity index (χ0n) is 32.4. The lowest BCUT2D eigenvalue weighted by Crippen LogP contribution is -2.17. The third-order valence-corrected chi connectivity index (χ3v) is 12.6. The van der Waals surface area contributed by atoms with E-state index in [1.807, 2.05) is 0 Å². The van der Waals surface area contributed by atoms with Crippen molar-refractivity contribution < 1.29 is 0 Å². The van der Waals surface area contributed by atoms with E-state index in [4.69, 9.17) is 0 Å². The van der Waals surface area contributed by atoms with Crippen molar-refractivity contribution in [1.82, 2.24) is 0 Å². The van der Waals surface area contributed by atoms with E-state index in [9.17, 15) is 0 Å². The first-order valence-corrected chi connectivity index (χ1v) is 20.1. The summed E-state index contributed by atoms with van der Waals surface area (Å²) in [5.74, 6) is 0.224. The molecule has 1 atom stereocenters. The maximum atomic E-state index is 2.56. The van der Waals surface area contributed by atoms with Crippen molar-refractivity contribution in [3.63, 3.8) is 0 Å². The molecule has 2 nitrogen and oxygen atoms in total. The van der Waals surface area contributed by atoms with E-state index in [0.717, 1.165) is 22.7 Å². The zero-order valence-corrected chi connectivity index (χ0v) is 32.4. The third-order valence-electron chi connectivity index (χ3n) is 12.6. The Hall–Kier alpha value is -6.90. The molecule has 0 N–H and O–H groups in total. The number of anilines is 6. The molecule has 0 aliphatic heterocycles. The highest BCUT2D eigenvalue weighted by Crippen LogP contribution is 2.59. The molecule has 272 valence electrons. The number of fused-ring (bicyclic) bond motifs is 10. The Labute approximate surface area is 334 Å². The Morgan fingerprint density at radius 2 is 0.772 bits per heavy atom. The molecule has 0 saturated carbocycles. The average Bonchev–Trinajstić information content (AvgIpc) is 3.67. The van der Waals surface area contributed by atoms with Crippen LogP contribution in [0.15, 0.2) is 194 Å². The maximum Gasteiger partial charge on any atom is 0.0543 e. The number of para-hydroxylation sites is 4. The summed E-state index contributed by atoms with van der Waals surface area (Å²) in [7, 11) is 0. The van der Waals surface area contributed by atoms with Gasteiger partial charge in [-0.3, -0.25) is 0 Å². The first-order chi connectivity index (χ1) is 28.0. The van der Waals surface area contributed by atoms with E-state index < -0.39 is 0 Å². The van der Waals surface area contributed by atoms with Gasteiger partial charge in [0.15, 0.2) is 0 Å². The summed E-state index contributed by atoms with van der Waals surface area (Å²) in [5, 5.41) is 5.10. The van der Waals surface area contributed by atoms with E-state index in [2.05, 4.69) is 225 Å². The summed E-state index contributed by atoms with van der Waals surface area (Å²) < 4.78 is 0. The summed E-state index contributed by atoms with van der Waals surface area (Å²) in [6, 6.07) is 71.3. The summed E-state index contributed by atoms with van der Waals surface area (Å²) >= 11 is 0. The summed E-state index contributed by atoms with van der Waals surface area (Å²) in [5.41, 5.74) is 17.8. The van der Waals surface area contributed by atoms with Crippen molar-refractivity contribution in [1.29, 1.82) is 0 Å². The van der Waals surface area contributed by atoms with Crippen molar-refractivity contribution in [2.75, 3.05) is 9.80 Å². The van der Waals surface area contributed by atoms with Crippen molar-refractivity contribution in [2.24, 2.45) is 0 Å². The van der Waals surface area contributed by atoms with E-state index in [-0.39, 0.29) is 11.3 Å². The molecule has 11 rings (SSSR count). The van der Waals surface area contributed by atoms with Gasteiger partial charge in [-0.15, -0.1) is 0 Å². The lowest BCUT2D eigenvalue weighted by molar-refractivity contribution is 0.661. The minimum absolute atomic E-state index is 0.224. The van der Waals surface area contributed by atoms with Gasteiger partial charge in [-0.05, 0) is 128 Å². The van der Waals surface area contributed by atoms with Crippen molar-refractivity contribution in [2.45, 2.75) is 32.1 Å². The molecular formula is C55H42N2. The number of hydrogen-bond donors (Lipinski definition) is 0. The highest BCUT2D eigenvalue weighted by Gasteiger charge is 2.41. The molecule has 0 heterocycles. The Morgan fingerprint density at radius 3 is 1.25 bits per heavy atom. The minimum atomic E-state index is -0.226. The fraction of sp³-hybridized carbons (Fsp3) is 0.0909. The van der Waals surface area contributed by atoms with Crippen molar-refractivity contribution in [3.8, 4) is 22.3 Å². The molecule has 0 spiro atoms. The van der Waals surface area contributed by atoms with Gasteiger partial charge in [0.05, 0.1) is 11.4 Å². The van der Waals surface area contributed by atoms with Gasteiger partial charge in [-0.2, -0.15) is 0 Å². The van der Waals surface area contributed by atoms with Gasteiger partial charge < -0.3 is 9.80 Å². The molecule has 9 aromatic carbocycles. The maximum absolute atomic E-state index is 2.56. The standard InChI is InChI=1S/C55H42N2/c1-36-45-32-48-49(33-47(45)53-43-30-18-16-28-41(43)51(34-46(36)53)56(37-20-8-4-9-21-37)38-22-10-5-11-23-38)55(2,3)50-35-52(42-29-17-19-31-44(42)54(48)50)57(39-24-12-6-13-25-39)40-26-14-7-15-27-40/h4-36H,1-3H3. The Kier molecular flexibility index (Phi) is 7.53. The van der Waals surface area contributed by atoms with Gasteiger partial charge in [0, 0.05) is 44.9 Å². The third kappa shape index (κ3) is 5.03. The van der Waals surface area contributed by atoms with Crippen LogP contribution in [0, 0.1) is 0 Å². The van der Waals surface area contributed by atoms with Gasteiger partial charge in [-0.1, -0.05) is 142 Å². The molecule has 2 aliphatic rings. The quantitative estimate of drug-likeness (QED) is 0.168. The van der Waals surface area contributed by atoms with Crippen LogP contribution in [0.4, 0.5) is 34.1 Å². The van der Waals surface area contributed by atoms with Gasteiger partial charge in [0.1, 0.15) is 0 Å². The van der Waals surface area contributed by atoms with Crippen LogP contribution in [0.1, 0.15) is 48.9 Å². The lowest BCUT2D eigenvalue weighted by Gasteiger charge is -2.29. The first-order valence-electron chi connectivity index (χ1n) is 20.1. The SMILES string of the molecule is CC1c2cc3c(cc2-c2c1cc(N(c1ccccc1)c1ccccc1)c1ccccc21)C(C)(C)c1cc(N(c2ccccc2)c2ccccc2)c2ccccc2c1-3. The van der Waals surface area contributed by atoms with Crippen LogP contribution >= 0.6 is 0 Å². The Balaban J connectivity index is 1.13. The molecule has 57 heavy (non-hydrogen) atoms. The molecule has 2 heteroatoms. The smallest absolute Gasteiger partial charge is 0.0543 e. The molecule has 2 aliphatic carbocycles. The monoisotopic (exact) mass is 730 g/mol. The fourth-order valence-corrected chi connectivity index (χ4v) is 9.92. The largest absolute Gasteiger partial charge is 0.310 e. The summed E-state index contributed by atoms with van der Waals surface area (Å²) in [6.45, 7) is 7.26. The minimum Gasteiger partial charge on any atom is -0.310 e. The van der Waals surface area contributed by atoms with Crippen LogP contribution in [0.2, 0.25) is 0 Å². The molecule has 9 aromatic rings. The Bertz CT molecular complexity index is 2910. The normalized spacial score (nSPS) is 14.5. The predicted octanol–water partition coefficient (Wildman–Crippen LogP) is 15.4. The number of rotatable bonds is 6. The summed E-state index contributed by atoms with van der Waals surface area (Å²) in [4.78, 5) is 4.85. The van der Waals surface area contributed by atoms with E-state index >= 15 is 0 Å². The first kappa shape index (κ1) is 33.4. The van der Waals surface area contributed by atoms with Crippen LogP contribution < -0.4 is 9.80 Å². The van der Waals surface area contributed by atoms with Gasteiger partial charge in [0.25, 0.3) is 0 Å². The van der Waals surface area contributed by atoms with E-state index in [1.165, 1.54) is 77.4 Å². The second-order valence-electron chi connectivity index (χ2n) is 16.1. The Morgan fingerprint density at radius 1 is 0.368 bits per heavy atom. The highest BCUT2D eigenvalue weighted by atomic mass is 15.1. The second kappa shape index (κ2) is 12.8.